The molecule has 3 rings (SSSR count). The van der Waals surface area contributed by atoms with Gasteiger partial charge in [0.2, 0.25) is 0 Å². The Kier molecular flexibility index (Phi) is 5.27. The fourth-order valence-corrected chi connectivity index (χ4v) is 4.56. The molecule has 2 nitrogen and oxygen atoms in total. The summed E-state index contributed by atoms with van der Waals surface area (Å²) in [6, 6.07) is 1.57. The summed E-state index contributed by atoms with van der Waals surface area (Å²) >= 11 is 0. The van der Waals surface area contributed by atoms with Crippen LogP contribution in [-0.2, 0) is 0 Å². The first-order valence-corrected chi connectivity index (χ1v) is 9.61. The highest BCUT2D eigenvalue weighted by Gasteiger charge is 2.37. The van der Waals surface area contributed by atoms with Gasteiger partial charge < -0.3 is 5.32 Å². The summed E-state index contributed by atoms with van der Waals surface area (Å²) in [6.07, 6.45) is 10.2. The number of nitrogens with one attached hydrogen (secondary N) is 1. The lowest BCUT2D eigenvalue weighted by molar-refractivity contribution is 0.0748. The number of nitrogens with zero attached hydrogens (tertiary/aromatic N) is 1. The molecule has 2 aliphatic carbocycles. The Labute approximate surface area is 132 Å². The lowest BCUT2D eigenvalue weighted by Crippen LogP contribution is -2.54. The highest BCUT2D eigenvalue weighted by molar-refractivity contribution is 4.92. The monoisotopic (exact) mass is 292 g/mol. The molecule has 3 fully saturated rings. The molecule has 3 aliphatic rings. The Morgan fingerprint density at radius 1 is 0.952 bits per heavy atom. The predicted octanol–water partition coefficient (Wildman–Crippen LogP) is 3.91. The van der Waals surface area contributed by atoms with Crippen molar-refractivity contribution in [3.63, 3.8) is 0 Å². The zero-order chi connectivity index (χ0) is 14.8. The average Bonchev–Trinajstić information content (AvgIpc) is 3.20. The van der Waals surface area contributed by atoms with E-state index in [1.54, 1.807) is 0 Å². The van der Waals surface area contributed by atoms with E-state index in [-0.39, 0.29) is 0 Å². The molecular formula is C19H36N2. The maximum atomic E-state index is 3.95. The van der Waals surface area contributed by atoms with Crippen molar-refractivity contribution in [3.8, 4) is 0 Å². The third-order valence-electron chi connectivity index (χ3n) is 6.50. The zero-order valence-electron chi connectivity index (χ0n) is 14.5. The molecule has 3 unspecified atom stereocenters. The van der Waals surface area contributed by atoms with Gasteiger partial charge in [-0.25, -0.2) is 0 Å². The number of piperidine rings is 1. The van der Waals surface area contributed by atoms with Crippen LogP contribution in [0.2, 0.25) is 0 Å². The van der Waals surface area contributed by atoms with Crippen LogP contribution >= 0.6 is 0 Å². The van der Waals surface area contributed by atoms with E-state index in [9.17, 15) is 0 Å². The van der Waals surface area contributed by atoms with E-state index in [1.165, 1.54) is 64.6 Å². The van der Waals surface area contributed by atoms with Crippen molar-refractivity contribution in [2.45, 2.75) is 77.8 Å². The maximum Gasteiger partial charge on any atom is 0.0198 e. The number of hydrogen-bond donors (Lipinski definition) is 1. The van der Waals surface area contributed by atoms with Crippen molar-refractivity contribution in [2.75, 3.05) is 19.6 Å². The highest BCUT2D eigenvalue weighted by atomic mass is 15.2. The Morgan fingerprint density at radius 2 is 1.67 bits per heavy atom. The minimum absolute atomic E-state index is 0.743. The van der Waals surface area contributed by atoms with Crippen molar-refractivity contribution in [1.29, 1.82) is 0 Å². The Balaban J connectivity index is 1.53. The molecule has 2 heteroatoms. The fourth-order valence-electron chi connectivity index (χ4n) is 4.56. The van der Waals surface area contributed by atoms with Gasteiger partial charge in [0.25, 0.3) is 0 Å². The largest absolute Gasteiger partial charge is 0.312 e. The Bertz CT molecular complexity index is 318. The lowest BCUT2D eigenvalue weighted by Gasteiger charge is -2.43. The fraction of sp³-hybridized carbons (Fsp3) is 1.00. The normalized spacial score (nSPS) is 33.7. The van der Waals surface area contributed by atoms with E-state index in [0.717, 1.165) is 35.8 Å². The lowest BCUT2D eigenvalue weighted by atomic mass is 9.84. The van der Waals surface area contributed by atoms with Gasteiger partial charge >= 0.3 is 0 Å². The molecule has 1 N–H and O–H groups in total. The molecule has 1 heterocycles. The topological polar surface area (TPSA) is 15.3 Å². The summed E-state index contributed by atoms with van der Waals surface area (Å²) in [6.45, 7) is 11.2. The van der Waals surface area contributed by atoms with Gasteiger partial charge in [0.1, 0.15) is 0 Å². The van der Waals surface area contributed by atoms with Crippen molar-refractivity contribution in [2.24, 2.45) is 23.7 Å². The van der Waals surface area contributed by atoms with Gasteiger partial charge in [0, 0.05) is 25.2 Å². The molecule has 21 heavy (non-hydrogen) atoms. The van der Waals surface area contributed by atoms with Crippen LogP contribution in [0.3, 0.4) is 0 Å². The number of likely N-dealkylation sites (tertiary alicyclic amines) is 1. The zero-order valence-corrected chi connectivity index (χ0v) is 14.5. The van der Waals surface area contributed by atoms with Crippen molar-refractivity contribution in [3.05, 3.63) is 0 Å². The summed E-state index contributed by atoms with van der Waals surface area (Å²) in [4.78, 5) is 2.82. The van der Waals surface area contributed by atoms with Crippen LogP contribution < -0.4 is 5.32 Å². The van der Waals surface area contributed by atoms with Crippen LogP contribution in [0.4, 0.5) is 0 Å². The van der Waals surface area contributed by atoms with E-state index in [0.29, 0.717) is 0 Å². The van der Waals surface area contributed by atoms with Gasteiger partial charge in [-0.1, -0.05) is 26.7 Å². The molecule has 0 spiro atoms. The standard InChI is InChI=1S/C19H36N2/c1-14(2)18-10-19(20-11-16-6-4-5-7-16)13-21(12-18)15(3)17-8-9-17/h14-20H,4-13H2,1-3H3. The second kappa shape index (κ2) is 7.00. The first-order chi connectivity index (χ1) is 10.1. The van der Waals surface area contributed by atoms with Crippen molar-refractivity contribution in [1.82, 2.24) is 10.2 Å². The van der Waals surface area contributed by atoms with Gasteiger partial charge in [0.05, 0.1) is 0 Å². The van der Waals surface area contributed by atoms with E-state index < -0.39 is 0 Å². The minimum Gasteiger partial charge on any atom is -0.312 e. The average molecular weight is 293 g/mol. The molecule has 0 amide bonds. The third-order valence-corrected chi connectivity index (χ3v) is 6.50. The first-order valence-electron chi connectivity index (χ1n) is 9.61. The second-order valence-electron chi connectivity index (χ2n) is 8.53. The molecule has 1 saturated heterocycles. The van der Waals surface area contributed by atoms with Crippen molar-refractivity contribution < 1.29 is 0 Å². The summed E-state index contributed by atoms with van der Waals surface area (Å²) in [7, 11) is 0. The molecule has 3 atom stereocenters. The van der Waals surface area contributed by atoms with Gasteiger partial charge in [0.15, 0.2) is 0 Å². The van der Waals surface area contributed by atoms with E-state index in [1.807, 2.05) is 0 Å². The van der Waals surface area contributed by atoms with Crippen LogP contribution in [0.1, 0.15) is 65.7 Å². The predicted molar refractivity (Wildman–Crippen MR) is 90.5 cm³/mol. The number of hydrogen-bond acceptors (Lipinski definition) is 2. The minimum atomic E-state index is 0.743. The SMILES string of the molecule is CC(C)C1CC(NCC2CCCC2)CN(C(C)C2CC2)C1. The van der Waals surface area contributed by atoms with Crippen LogP contribution in [0.25, 0.3) is 0 Å². The molecule has 0 aromatic carbocycles. The number of rotatable bonds is 6. The molecule has 1 aliphatic heterocycles. The Hall–Kier alpha value is -0.0800. The van der Waals surface area contributed by atoms with Gasteiger partial charge in [-0.2, -0.15) is 0 Å². The molecular weight excluding hydrogens is 256 g/mol. The van der Waals surface area contributed by atoms with Crippen LogP contribution in [0.5, 0.6) is 0 Å². The van der Waals surface area contributed by atoms with Crippen molar-refractivity contribution >= 4 is 0 Å². The summed E-state index contributed by atoms with van der Waals surface area (Å²) in [5.41, 5.74) is 0. The van der Waals surface area contributed by atoms with Gasteiger partial charge in [-0.05, 0) is 69.2 Å². The molecule has 2 saturated carbocycles. The van der Waals surface area contributed by atoms with E-state index in [4.69, 9.17) is 0 Å². The van der Waals surface area contributed by atoms with Gasteiger partial charge in [-0.15, -0.1) is 0 Å². The van der Waals surface area contributed by atoms with Crippen LogP contribution in [0, 0.1) is 23.7 Å². The maximum absolute atomic E-state index is 3.95. The van der Waals surface area contributed by atoms with Gasteiger partial charge in [-0.3, -0.25) is 4.90 Å². The summed E-state index contributed by atoms with van der Waals surface area (Å²) < 4.78 is 0. The van der Waals surface area contributed by atoms with Crippen LogP contribution in [-0.4, -0.2) is 36.6 Å². The Morgan fingerprint density at radius 3 is 2.29 bits per heavy atom. The summed E-state index contributed by atoms with van der Waals surface area (Å²) in [5.74, 6) is 3.70. The summed E-state index contributed by atoms with van der Waals surface area (Å²) in [5, 5.41) is 3.95. The smallest absolute Gasteiger partial charge is 0.0198 e. The van der Waals surface area contributed by atoms with E-state index >= 15 is 0 Å². The quantitative estimate of drug-likeness (QED) is 0.798. The molecule has 0 bridgehead atoms. The molecule has 122 valence electrons. The van der Waals surface area contributed by atoms with E-state index in [2.05, 4.69) is 31.0 Å². The first kappa shape index (κ1) is 15.8. The molecule has 0 aromatic heterocycles. The third kappa shape index (κ3) is 4.22. The molecule has 0 radical (unpaired) electrons. The highest BCUT2D eigenvalue weighted by Crippen LogP contribution is 2.37. The molecule has 0 aromatic rings. The van der Waals surface area contributed by atoms with Crippen LogP contribution in [0.15, 0.2) is 0 Å². The second-order valence-corrected chi connectivity index (χ2v) is 8.53.